The van der Waals surface area contributed by atoms with Crippen LogP contribution in [0.1, 0.15) is 33.9 Å². The van der Waals surface area contributed by atoms with E-state index < -0.39 is 12.0 Å². The summed E-state index contributed by atoms with van der Waals surface area (Å²) in [5.74, 6) is -0.139. The summed E-state index contributed by atoms with van der Waals surface area (Å²) < 4.78 is 16.3. The second-order valence-corrected chi connectivity index (χ2v) is 6.91. The number of hydrogen-bond acceptors (Lipinski definition) is 5. The summed E-state index contributed by atoms with van der Waals surface area (Å²) in [5.41, 5.74) is 2.77. The van der Waals surface area contributed by atoms with E-state index in [4.69, 9.17) is 13.9 Å². The molecule has 1 aromatic heterocycles. The van der Waals surface area contributed by atoms with Crippen molar-refractivity contribution in [1.82, 2.24) is 4.90 Å². The smallest absolute Gasteiger partial charge is 0.305 e. The molecule has 1 N–H and O–H groups in total. The normalized spacial score (nSPS) is 15.8. The second kappa shape index (κ2) is 7.50. The predicted octanol–water partition coefficient (Wildman–Crippen LogP) is 3.66. The number of amides is 1. The summed E-state index contributed by atoms with van der Waals surface area (Å²) in [4.78, 5) is 26.6. The molecule has 1 unspecified atom stereocenters. The van der Waals surface area contributed by atoms with Gasteiger partial charge in [-0.3, -0.25) is 9.59 Å². The number of carbonyl (C=O) groups is 2. The molecule has 150 valence electrons. The van der Waals surface area contributed by atoms with Gasteiger partial charge >= 0.3 is 5.97 Å². The highest BCUT2D eigenvalue weighted by molar-refractivity contribution is 6.06. The van der Waals surface area contributed by atoms with Crippen molar-refractivity contribution in [2.24, 2.45) is 0 Å². The van der Waals surface area contributed by atoms with E-state index in [1.807, 2.05) is 24.3 Å². The van der Waals surface area contributed by atoms with E-state index in [1.54, 1.807) is 24.1 Å². The molecule has 2 heterocycles. The summed E-state index contributed by atoms with van der Waals surface area (Å²) >= 11 is 0. The molecule has 0 aliphatic carbocycles. The van der Waals surface area contributed by atoms with Crippen LogP contribution in [0.4, 0.5) is 0 Å². The highest BCUT2D eigenvalue weighted by Gasteiger charge is 2.35. The Balaban J connectivity index is 1.78. The molecule has 0 saturated heterocycles. The van der Waals surface area contributed by atoms with Gasteiger partial charge in [-0.05, 0) is 35.7 Å². The highest BCUT2D eigenvalue weighted by atomic mass is 16.5. The number of carbonyl (C=O) groups excluding carboxylic acids is 1. The van der Waals surface area contributed by atoms with Gasteiger partial charge in [0.05, 0.1) is 32.2 Å². The largest absolute Gasteiger partial charge is 0.493 e. The molecule has 0 spiro atoms. The molecule has 0 bridgehead atoms. The SMILES string of the molecule is COc1cc2c(cc1OC)C(CC(=O)O)N(C(=O)c1coc3ccccc13)CC2. The number of rotatable bonds is 5. The predicted molar refractivity (Wildman–Crippen MR) is 105 cm³/mol. The van der Waals surface area contributed by atoms with E-state index >= 15 is 0 Å². The molecular formula is C22H21NO6. The number of methoxy groups -OCH3 is 2. The number of carboxylic acids is 1. The number of carboxylic acid groups (broad SMARTS) is 1. The molecule has 4 rings (SSSR count). The Labute approximate surface area is 167 Å². The number of benzene rings is 2. The third kappa shape index (κ3) is 3.29. The van der Waals surface area contributed by atoms with Crippen LogP contribution in [0.3, 0.4) is 0 Å². The zero-order valence-electron chi connectivity index (χ0n) is 16.2. The van der Waals surface area contributed by atoms with Gasteiger partial charge in [0, 0.05) is 11.9 Å². The van der Waals surface area contributed by atoms with Crippen molar-refractivity contribution < 1.29 is 28.6 Å². The Hall–Kier alpha value is -3.48. The lowest BCUT2D eigenvalue weighted by Crippen LogP contribution is -2.41. The molecule has 0 radical (unpaired) electrons. The van der Waals surface area contributed by atoms with Crippen molar-refractivity contribution in [3.63, 3.8) is 0 Å². The standard InChI is InChI=1S/C22H21NO6/c1-27-19-9-13-7-8-23(17(11-21(24)25)15(13)10-20(19)28-2)22(26)16-12-29-18-6-4-3-5-14(16)18/h3-6,9-10,12,17H,7-8,11H2,1-2H3,(H,24,25). The number of fused-ring (bicyclic) bond motifs is 2. The fourth-order valence-electron chi connectivity index (χ4n) is 3.95. The van der Waals surface area contributed by atoms with Crippen LogP contribution in [0, 0.1) is 0 Å². The first-order valence-corrected chi connectivity index (χ1v) is 9.27. The molecule has 1 aliphatic heterocycles. The van der Waals surface area contributed by atoms with Gasteiger partial charge in [-0.1, -0.05) is 18.2 Å². The number of para-hydroxylation sites is 1. The van der Waals surface area contributed by atoms with Crippen molar-refractivity contribution in [2.75, 3.05) is 20.8 Å². The Kier molecular flexibility index (Phi) is 4.88. The molecule has 29 heavy (non-hydrogen) atoms. The van der Waals surface area contributed by atoms with Crippen LogP contribution in [0.2, 0.25) is 0 Å². The van der Waals surface area contributed by atoms with E-state index in [9.17, 15) is 14.7 Å². The van der Waals surface area contributed by atoms with Gasteiger partial charge in [0.25, 0.3) is 5.91 Å². The van der Waals surface area contributed by atoms with E-state index in [-0.39, 0.29) is 12.3 Å². The van der Waals surface area contributed by atoms with Gasteiger partial charge < -0.3 is 23.9 Å². The second-order valence-electron chi connectivity index (χ2n) is 6.91. The highest BCUT2D eigenvalue weighted by Crippen LogP contribution is 2.40. The first kappa shape index (κ1) is 18.9. The van der Waals surface area contributed by atoms with Crippen molar-refractivity contribution in [3.05, 3.63) is 59.4 Å². The van der Waals surface area contributed by atoms with Crippen molar-refractivity contribution >= 4 is 22.8 Å². The fourth-order valence-corrected chi connectivity index (χ4v) is 3.95. The van der Waals surface area contributed by atoms with Gasteiger partial charge in [0.2, 0.25) is 0 Å². The molecule has 3 aromatic rings. The topological polar surface area (TPSA) is 89.2 Å². The van der Waals surface area contributed by atoms with Gasteiger partial charge in [0.15, 0.2) is 11.5 Å². The molecule has 7 nitrogen and oxygen atoms in total. The summed E-state index contributed by atoms with van der Waals surface area (Å²) in [6, 6.07) is 10.3. The number of nitrogens with zero attached hydrogens (tertiary/aromatic N) is 1. The molecule has 0 saturated carbocycles. The van der Waals surface area contributed by atoms with Crippen molar-refractivity contribution in [3.8, 4) is 11.5 Å². The van der Waals surface area contributed by atoms with E-state index in [2.05, 4.69) is 0 Å². The maximum Gasteiger partial charge on any atom is 0.305 e. The quantitative estimate of drug-likeness (QED) is 0.709. The third-order valence-electron chi connectivity index (χ3n) is 5.34. The molecule has 1 atom stereocenters. The monoisotopic (exact) mass is 395 g/mol. The summed E-state index contributed by atoms with van der Waals surface area (Å²) in [7, 11) is 3.08. The Bertz CT molecular complexity index is 1090. The summed E-state index contributed by atoms with van der Waals surface area (Å²) in [6.45, 7) is 0.402. The van der Waals surface area contributed by atoms with Crippen molar-refractivity contribution in [2.45, 2.75) is 18.9 Å². The minimum absolute atomic E-state index is 0.204. The zero-order chi connectivity index (χ0) is 20.5. The molecule has 1 amide bonds. The van der Waals surface area contributed by atoms with Crippen LogP contribution in [-0.2, 0) is 11.2 Å². The minimum Gasteiger partial charge on any atom is -0.493 e. The molecule has 7 heteroatoms. The molecule has 2 aromatic carbocycles. The van der Waals surface area contributed by atoms with Gasteiger partial charge in [-0.25, -0.2) is 0 Å². The van der Waals surface area contributed by atoms with E-state index in [1.165, 1.54) is 13.4 Å². The number of hydrogen-bond donors (Lipinski definition) is 1. The molecule has 0 fully saturated rings. The lowest BCUT2D eigenvalue weighted by Gasteiger charge is -2.37. The summed E-state index contributed by atoms with van der Waals surface area (Å²) in [6.07, 6.45) is 1.83. The number of ether oxygens (including phenoxy) is 2. The lowest BCUT2D eigenvalue weighted by atomic mass is 9.89. The maximum absolute atomic E-state index is 13.4. The number of furan rings is 1. The average Bonchev–Trinajstić information content (AvgIpc) is 3.16. The lowest BCUT2D eigenvalue weighted by molar-refractivity contribution is -0.138. The first-order valence-electron chi connectivity index (χ1n) is 9.27. The Morgan fingerprint density at radius 2 is 1.90 bits per heavy atom. The van der Waals surface area contributed by atoms with Crippen LogP contribution in [0.15, 0.2) is 47.1 Å². The number of aliphatic carboxylic acids is 1. The van der Waals surface area contributed by atoms with E-state index in [0.29, 0.717) is 41.0 Å². The fraction of sp³-hybridized carbons (Fsp3) is 0.273. The Morgan fingerprint density at radius 3 is 2.62 bits per heavy atom. The minimum atomic E-state index is -0.979. The average molecular weight is 395 g/mol. The van der Waals surface area contributed by atoms with Gasteiger partial charge in [0.1, 0.15) is 11.8 Å². The Morgan fingerprint density at radius 1 is 1.17 bits per heavy atom. The van der Waals surface area contributed by atoms with Crippen molar-refractivity contribution in [1.29, 1.82) is 0 Å². The van der Waals surface area contributed by atoms with Gasteiger partial charge in [-0.15, -0.1) is 0 Å². The zero-order valence-corrected chi connectivity index (χ0v) is 16.2. The summed E-state index contributed by atoms with van der Waals surface area (Å²) in [5, 5.41) is 10.2. The van der Waals surface area contributed by atoms with Gasteiger partial charge in [-0.2, -0.15) is 0 Å². The van der Waals surface area contributed by atoms with Crippen LogP contribution < -0.4 is 9.47 Å². The van der Waals surface area contributed by atoms with Crippen LogP contribution in [-0.4, -0.2) is 42.6 Å². The third-order valence-corrected chi connectivity index (χ3v) is 5.34. The molecule has 1 aliphatic rings. The van der Waals surface area contributed by atoms with Crippen LogP contribution in [0.5, 0.6) is 11.5 Å². The maximum atomic E-state index is 13.4. The van der Waals surface area contributed by atoms with Crippen LogP contribution in [0.25, 0.3) is 11.0 Å². The molecular weight excluding hydrogens is 374 g/mol. The first-order chi connectivity index (χ1) is 14.0. The van der Waals surface area contributed by atoms with E-state index in [0.717, 1.165) is 11.1 Å². The van der Waals surface area contributed by atoms with Crippen LogP contribution >= 0.6 is 0 Å².